The molecule has 0 aromatic carbocycles. The Labute approximate surface area is 67.6 Å². The van der Waals surface area contributed by atoms with Crippen molar-refractivity contribution in [3.63, 3.8) is 0 Å². The Morgan fingerprint density at radius 1 is 1.55 bits per heavy atom. The maximum Gasteiger partial charge on any atom is 0.0903 e. The van der Waals surface area contributed by atoms with Gasteiger partial charge in [0.25, 0.3) is 0 Å². The molecule has 0 aromatic heterocycles. The maximum atomic E-state index is 9.07. The van der Waals surface area contributed by atoms with Crippen LogP contribution in [0.5, 0.6) is 0 Å². The molecule has 0 saturated heterocycles. The van der Waals surface area contributed by atoms with Gasteiger partial charge in [-0.25, -0.2) is 0 Å². The smallest absolute Gasteiger partial charge is 0.0903 e. The molecular formula is C8H15NO2. The van der Waals surface area contributed by atoms with E-state index in [1.165, 1.54) is 0 Å². The van der Waals surface area contributed by atoms with Crippen molar-refractivity contribution in [2.75, 3.05) is 6.61 Å². The van der Waals surface area contributed by atoms with Crippen LogP contribution in [0.4, 0.5) is 0 Å². The molecule has 0 bridgehead atoms. The van der Waals surface area contributed by atoms with Crippen molar-refractivity contribution in [2.24, 2.45) is 0 Å². The number of ether oxygens (including phenoxy) is 1. The molecular weight excluding hydrogens is 142 g/mol. The van der Waals surface area contributed by atoms with E-state index < -0.39 is 6.10 Å². The minimum absolute atomic E-state index is 0.135. The fourth-order valence-corrected chi connectivity index (χ4v) is 0.510. The number of nitriles is 1. The second-order valence-electron chi connectivity index (χ2n) is 3.44. The van der Waals surface area contributed by atoms with E-state index in [0.29, 0.717) is 0 Å². The monoisotopic (exact) mass is 157 g/mol. The molecule has 3 nitrogen and oxygen atoms in total. The average Bonchev–Trinajstić information content (AvgIpc) is 1.83. The molecule has 0 aliphatic heterocycles. The van der Waals surface area contributed by atoms with E-state index in [0.717, 1.165) is 0 Å². The summed E-state index contributed by atoms with van der Waals surface area (Å²) in [6.07, 6.45) is -0.518. The summed E-state index contributed by atoms with van der Waals surface area (Å²) in [6.45, 7) is 5.96. The molecule has 11 heavy (non-hydrogen) atoms. The number of aliphatic hydroxyl groups is 1. The summed E-state index contributed by atoms with van der Waals surface area (Å²) in [4.78, 5) is 0. The third-order valence-electron chi connectivity index (χ3n) is 1.04. The Balaban J connectivity index is 3.48. The van der Waals surface area contributed by atoms with Gasteiger partial charge in [0.05, 0.1) is 30.8 Å². The molecule has 0 radical (unpaired) electrons. The van der Waals surface area contributed by atoms with Gasteiger partial charge in [0.15, 0.2) is 0 Å². The molecule has 0 unspecified atom stereocenters. The summed E-state index contributed by atoms with van der Waals surface area (Å²) in [5, 5.41) is 17.3. The summed E-state index contributed by atoms with van der Waals surface area (Å²) in [5.74, 6) is 0. The third-order valence-corrected chi connectivity index (χ3v) is 1.04. The Bertz CT molecular complexity index is 143. The Kier molecular flexibility index (Phi) is 4.09. The van der Waals surface area contributed by atoms with Crippen LogP contribution in [0.25, 0.3) is 0 Å². The maximum absolute atomic E-state index is 9.07. The lowest BCUT2D eigenvalue weighted by Gasteiger charge is -2.20. The quantitative estimate of drug-likeness (QED) is 0.666. The highest BCUT2D eigenvalue weighted by atomic mass is 16.5. The molecule has 0 saturated carbocycles. The van der Waals surface area contributed by atoms with Gasteiger partial charge in [-0.3, -0.25) is 0 Å². The van der Waals surface area contributed by atoms with Gasteiger partial charge in [-0.2, -0.15) is 5.26 Å². The lowest BCUT2D eigenvalue weighted by Crippen LogP contribution is -2.25. The minimum Gasteiger partial charge on any atom is -0.390 e. The van der Waals surface area contributed by atoms with Gasteiger partial charge in [-0.1, -0.05) is 0 Å². The van der Waals surface area contributed by atoms with Gasteiger partial charge in [0, 0.05) is 0 Å². The summed E-state index contributed by atoms with van der Waals surface area (Å²) in [5.41, 5.74) is -0.240. The number of hydrogen-bond donors (Lipinski definition) is 1. The zero-order valence-electron chi connectivity index (χ0n) is 7.29. The summed E-state index contributed by atoms with van der Waals surface area (Å²) < 4.78 is 5.24. The zero-order chi connectivity index (χ0) is 8.91. The zero-order valence-corrected chi connectivity index (χ0v) is 7.29. The van der Waals surface area contributed by atoms with Gasteiger partial charge in [-0.15, -0.1) is 0 Å². The molecule has 0 aromatic rings. The lowest BCUT2D eigenvalue weighted by atomic mass is 10.2. The highest BCUT2D eigenvalue weighted by molar-refractivity contribution is 4.75. The summed E-state index contributed by atoms with van der Waals surface area (Å²) >= 11 is 0. The molecule has 3 heteroatoms. The molecule has 0 spiro atoms. The third kappa shape index (κ3) is 7.31. The van der Waals surface area contributed by atoms with Gasteiger partial charge in [-0.05, 0) is 20.8 Å². The first-order valence-electron chi connectivity index (χ1n) is 3.64. The number of aliphatic hydroxyl groups excluding tert-OH is 1. The van der Waals surface area contributed by atoms with Crippen molar-refractivity contribution in [1.29, 1.82) is 5.26 Å². The summed E-state index contributed by atoms with van der Waals surface area (Å²) in [7, 11) is 0. The molecule has 0 fully saturated rings. The van der Waals surface area contributed by atoms with E-state index in [9.17, 15) is 0 Å². The molecule has 64 valence electrons. The molecule has 0 aliphatic rings. The highest BCUT2D eigenvalue weighted by Gasteiger charge is 2.12. The molecule has 1 atom stereocenters. The summed E-state index contributed by atoms with van der Waals surface area (Å²) in [6, 6.07) is 1.87. The second kappa shape index (κ2) is 4.32. The largest absolute Gasteiger partial charge is 0.390 e. The molecule has 0 amide bonds. The van der Waals surface area contributed by atoms with Crippen LogP contribution >= 0.6 is 0 Å². The van der Waals surface area contributed by atoms with E-state index in [-0.39, 0.29) is 18.6 Å². The predicted molar refractivity (Wildman–Crippen MR) is 41.9 cm³/mol. The predicted octanol–water partition coefficient (Wildman–Crippen LogP) is 1.08. The standard InChI is InChI=1S/C8H15NO2/c1-8(2,3)11-6-7(10)4-5-9/h7,10H,4,6H2,1-3H3/t7-/m1/s1. The first-order chi connectivity index (χ1) is 4.95. The van der Waals surface area contributed by atoms with Crippen LogP contribution in [0, 0.1) is 11.3 Å². The van der Waals surface area contributed by atoms with Crippen LogP contribution < -0.4 is 0 Å². The normalized spacial score (nSPS) is 14.1. The fraction of sp³-hybridized carbons (Fsp3) is 0.875. The highest BCUT2D eigenvalue weighted by Crippen LogP contribution is 2.07. The number of rotatable bonds is 3. The van der Waals surface area contributed by atoms with Crippen molar-refractivity contribution in [3.8, 4) is 6.07 Å². The van der Waals surface area contributed by atoms with Crippen molar-refractivity contribution < 1.29 is 9.84 Å². The lowest BCUT2D eigenvalue weighted by molar-refractivity contribution is -0.0471. The minimum atomic E-state index is -0.653. The number of nitrogens with zero attached hydrogens (tertiary/aromatic N) is 1. The Morgan fingerprint density at radius 2 is 2.09 bits per heavy atom. The van der Waals surface area contributed by atoms with E-state index in [1.54, 1.807) is 0 Å². The molecule has 1 N–H and O–H groups in total. The van der Waals surface area contributed by atoms with Crippen molar-refractivity contribution >= 4 is 0 Å². The van der Waals surface area contributed by atoms with Crippen molar-refractivity contribution in [1.82, 2.24) is 0 Å². The average molecular weight is 157 g/mol. The van der Waals surface area contributed by atoms with Gasteiger partial charge < -0.3 is 9.84 Å². The van der Waals surface area contributed by atoms with Crippen molar-refractivity contribution in [3.05, 3.63) is 0 Å². The van der Waals surface area contributed by atoms with Crippen LogP contribution in [0.2, 0.25) is 0 Å². The topological polar surface area (TPSA) is 53.2 Å². The number of hydrogen-bond acceptors (Lipinski definition) is 3. The Hall–Kier alpha value is -0.590. The SMILES string of the molecule is CC(C)(C)OC[C@H](O)CC#N. The van der Waals surface area contributed by atoms with E-state index >= 15 is 0 Å². The van der Waals surface area contributed by atoms with Crippen LogP contribution in [-0.4, -0.2) is 23.4 Å². The first-order valence-corrected chi connectivity index (χ1v) is 3.64. The molecule has 0 heterocycles. The first kappa shape index (κ1) is 10.4. The van der Waals surface area contributed by atoms with Crippen LogP contribution in [0.3, 0.4) is 0 Å². The van der Waals surface area contributed by atoms with Crippen LogP contribution in [0.1, 0.15) is 27.2 Å². The second-order valence-corrected chi connectivity index (χ2v) is 3.44. The van der Waals surface area contributed by atoms with E-state index in [4.69, 9.17) is 15.1 Å². The fourth-order valence-electron chi connectivity index (χ4n) is 0.510. The van der Waals surface area contributed by atoms with E-state index in [1.807, 2.05) is 26.8 Å². The van der Waals surface area contributed by atoms with Gasteiger partial charge in [0.1, 0.15) is 0 Å². The van der Waals surface area contributed by atoms with Gasteiger partial charge in [0.2, 0.25) is 0 Å². The van der Waals surface area contributed by atoms with Crippen LogP contribution in [-0.2, 0) is 4.74 Å². The van der Waals surface area contributed by atoms with Gasteiger partial charge >= 0.3 is 0 Å². The van der Waals surface area contributed by atoms with Crippen LogP contribution in [0.15, 0.2) is 0 Å². The van der Waals surface area contributed by atoms with E-state index in [2.05, 4.69) is 0 Å². The Morgan fingerprint density at radius 3 is 2.45 bits per heavy atom. The molecule has 0 rings (SSSR count). The van der Waals surface area contributed by atoms with Crippen molar-refractivity contribution in [2.45, 2.75) is 38.9 Å². The molecule has 0 aliphatic carbocycles.